The molecule has 2 nitrogen and oxygen atoms in total. The molecular formula is C16H20O2. The number of benzene rings is 1. The molecule has 1 heterocycles. The van der Waals surface area contributed by atoms with Crippen LogP contribution in [0.4, 0.5) is 0 Å². The summed E-state index contributed by atoms with van der Waals surface area (Å²) in [5.74, 6) is 0.645. The van der Waals surface area contributed by atoms with Gasteiger partial charge in [0.2, 0.25) is 0 Å². The van der Waals surface area contributed by atoms with E-state index in [4.69, 9.17) is 9.78 Å². The Balaban J connectivity index is 1.64. The highest BCUT2D eigenvalue weighted by atomic mass is 17.2. The van der Waals surface area contributed by atoms with Gasteiger partial charge in [0.25, 0.3) is 0 Å². The molecule has 0 N–H and O–H groups in total. The number of hydrogen-bond donors (Lipinski definition) is 0. The molecule has 1 aliphatic carbocycles. The maximum atomic E-state index is 5.60. The van der Waals surface area contributed by atoms with Crippen molar-refractivity contribution in [2.75, 3.05) is 0 Å². The van der Waals surface area contributed by atoms with Crippen LogP contribution in [-0.4, -0.2) is 6.10 Å². The van der Waals surface area contributed by atoms with Crippen LogP contribution in [0.1, 0.15) is 43.8 Å². The van der Waals surface area contributed by atoms with Gasteiger partial charge in [0.05, 0.1) is 0 Å². The molecule has 18 heavy (non-hydrogen) atoms. The van der Waals surface area contributed by atoms with Gasteiger partial charge in [0, 0.05) is 0 Å². The molecule has 2 heteroatoms. The van der Waals surface area contributed by atoms with E-state index < -0.39 is 0 Å². The zero-order chi connectivity index (χ0) is 12.2. The van der Waals surface area contributed by atoms with Gasteiger partial charge in [-0.05, 0) is 30.4 Å². The Morgan fingerprint density at radius 3 is 2.28 bits per heavy atom. The highest BCUT2D eigenvalue weighted by molar-refractivity contribution is 5.22. The van der Waals surface area contributed by atoms with Gasteiger partial charge in [-0.15, -0.1) is 0 Å². The maximum absolute atomic E-state index is 5.60. The molecule has 96 valence electrons. The van der Waals surface area contributed by atoms with E-state index in [9.17, 15) is 0 Å². The largest absolute Gasteiger partial charge is 0.228 e. The number of rotatable bonds is 2. The lowest BCUT2D eigenvalue weighted by Crippen LogP contribution is -2.27. The van der Waals surface area contributed by atoms with Crippen molar-refractivity contribution < 1.29 is 9.78 Å². The van der Waals surface area contributed by atoms with E-state index in [1.165, 1.54) is 32.1 Å². The highest BCUT2D eigenvalue weighted by Crippen LogP contribution is 2.33. The predicted molar refractivity (Wildman–Crippen MR) is 70.9 cm³/mol. The fourth-order valence-electron chi connectivity index (χ4n) is 2.91. The lowest BCUT2D eigenvalue weighted by atomic mass is 9.85. The Morgan fingerprint density at radius 2 is 1.61 bits per heavy atom. The molecule has 1 saturated carbocycles. The normalized spacial score (nSPS) is 29.3. The van der Waals surface area contributed by atoms with Gasteiger partial charge in [-0.3, -0.25) is 0 Å². The van der Waals surface area contributed by atoms with Gasteiger partial charge in [-0.2, -0.15) is 0 Å². The van der Waals surface area contributed by atoms with Crippen LogP contribution in [-0.2, 0) is 9.78 Å². The summed E-state index contributed by atoms with van der Waals surface area (Å²) in [6, 6.07) is 10.2. The molecule has 0 radical (unpaired) electrons. The summed E-state index contributed by atoms with van der Waals surface area (Å²) in [7, 11) is 0. The number of hydrogen-bond acceptors (Lipinski definition) is 2. The maximum Gasteiger partial charge on any atom is 0.136 e. The van der Waals surface area contributed by atoms with Crippen LogP contribution in [0.3, 0.4) is 0 Å². The summed E-state index contributed by atoms with van der Waals surface area (Å²) in [5.41, 5.74) is 1.15. The Morgan fingerprint density at radius 1 is 0.833 bits per heavy atom. The topological polar surface area (TPSA) is 18.5 Å². The van der Waals surface area contributed by atoms with E-state index >= 15 is 0 Å². The molecule has 0 unspecified atom stereocenters. The second-order valence-electron chi connectivity index (χ2n) is 5.27. The van der Waals surface area contributed by atoms with Crippen LogP contribution in [0.15, 0.2) is 42.5 Å². The first-order chi connectivity index (χ1) is 8.93. The van der Waals surface area contributed by atoms with Crippen LogP contribution >= 0.6 is 0 Å². The standard InChI is InChI=1S/C16H20O2/c1-3-7-13(8-4-1)15-11-12-16(18-17-15)14-9-5-2-6-10-14/h1,3-4,7-8,11-12,14-16H,2,5-6,9-10H2/t15-,16+/m0/s1. The van der Waals surface area contributed by atoms with Crippen molar-refractivity contribution >= 4 is 0 Å². The van der Waals surface area contributed by atoms with Crippen LogP contribution in [0.25, 0.3) is 0 Å². The first-order valence-electron chi connectivity index (χ1n) is 6.99. The predicted octanol–water partition coefficient (Wildman–Crippen LogP) is 4.19. The SMILES string of the molecule is C1=C[C@H](C2CCCCC2)OO[C@@H]1c1ccccc1. The molecule has 0 saturated heterocycles. The minimum atomic E-state index is -0.0500. The second-order valence-corrected chi connectivity index (χ2v) is 5.27. The molecule has 2 aliphatic rings. The van der Waals surface area contributed by atoms with E-state index in [-0.39, 0.29) is 12.2 Å². The fraction of sp³-hybridized carbons (Fsp3) is 0.500. The molecular weight excluding hydrogens is 224 g/mol. The molecule has 1 aromatic rings. The van der Waals surface area contributed by atoms with Gasteiger partial charge in [-0.25, -0.2) is 9.78 Å². The van der Waals surface area contributed by atoms with Crippen molar-refractivity contribution in [1.82, 2.24) is 0 Å². The minimum Gasteiger partial charge on any atom is -0.228 e. The lowest BCUT2D eigenvalue weighted by molar-refractivity contribution is -0.351. The molecule has 0 bridgehead atoms. The Bertz CT molecular complexity index is 393. The van der Waals surface area contributed by atoms with E-state index in [1.807, 2.05) is 18.2 Å². The van der Waals surface area contributed by atoms with Crippen molar-refractivity contribution in [3.05, 3.63) is 48.0 Å². The van der Waals surface area contributed by atoms with Crippen LogP contribution in [0, 0.1) is 5.92 Å². The summed E-state index contributed by atoms with van der Waals surface area (Å²) in [4.78, 5) is 11.1. The third kappa shape index (κ3) is 2.65. The third-order valence-electron chi connectivity index (χ3n) is 3.99. The average Bonchev–Trinajstić information content (AvgIpc) is 2.49. The average molecular weight is 244 g/mol. The Kier molecular flexibility index (Phi) is 3.77. The van der Waals surface area contributed by atoms with Gasteiger partial charge in [-0.1, -0.05) is 55.7 Å². The zero-order valence-corrected chi connectivity index (χ0v) is 10.6. The van der Waals surface area contributed by atoms with Crippen molar-refractivity contribution in [3.8, 4) is 0 Å². The summed E-state index contributed by atoms with van der Waals surface area (Å²) in [6.07, 6.45) is 11.0. The smallest absolute Gasteiger partial charge is 0.136 e. The highest BCUT2D eigenvalue weighted by Gasteiger charge is 2.27. The fourth-order valence-corrected chi connectivity index (χ4v) is 2.91. The van der Waals surface area contributed by atoms with E-state index in [2.05, 4.69) is 24.3 Å². The van der Waals surface area contributed by atoms with Crippen LogP contribution in [0.2, 0.25) is 0 Å². The van der Waals surface area contributed by atoms with Gasteiger partial charge in [0.1, 0.15) is 12.2 Å². The molecule has 0 aromatic heterocycles. The zero-order valence-electron chi connectivity index (χ0n) is 10.6. The van der Waals surface area contributed by atoms with E-state index in [1.54, 1.807) is 0 Å². The van der Waals surface area contributed by atoms with Gasteiger partial charge >= 0.3 is 0 Å². The summed E-state index contributed by atoms with van der Waals surface area (Å²) >= 11 is 0. The van der Waals surface area contributed by atoms with Gasteiger partial charge in [0.15, 0.2) is 0 Å². The van der Waals surface area contributed by atoms with Crippen molar-refractivity contribution in [2.24, 2.45) is 5.92 Å². The third-order valence-corrected chi connectivity index (χ3v) is 3.99. The first kappa shape index (κ1) is 11.9. The van der Waals surface area contributed by atoms with Crippen LogP contribution < -0.4 is 0 Å². The summed E-state index contributed by atoms with van der Waals surface area (Å²) < 4.78 is 0. The van der Waals surface area contributed by atoms with E-state index in [0.717, 1.165) is 5.56 Å². The Labute approximate surface area is 109 Å². The molecule has 1 fully saturated rings. The molecule has 2 atom stereocenters. The second kappa shape index (κ2) is 5.68. The van der Waals surface area contributed by atoms with Gasteiger partial charge < -0.3 is 0 Å². The molecule has 1 aliphatic heterocycles. The molecule has 3 rings (SSSR count). The quantitative estimate of drug-likeness (QED) is 0.573. The molecule has 0 spiro atoms. The molecule has 0 amide bonds. The Hall–Kier alpha value is -1.12. The molecule has 1 aromatic carbocycles. The lowest BCUT2D eigenvalue weighted by Gasteiger charge is -2.31. The monoisotopic (exact) mass is 244 g/mol. The minimum absolute atomic E-state index is 0.0500. The van der Waals surface area contributed by atoms with E-state index in [0.29, 0.717) is 5.92 Å². The first-order valence-corrected chi connectivity index (χ1v) is 6.99. The van der Waals surface area contributed by atoms with Crippen molar-refractivity contribution in [1.29, 1.82) is 0 Å². The van der Waals surface area contributed by atoms with Crippen molar-refractivity contribution in [2.45, 2.75) is 44.3 Å². The van der Waals surface area contributed by atoms with Crippen LogP contribution in [0.5, 0.6) is 0 Å². The van der Waals surface area contributed by atoms with Crippen molar-refractivity contribution in [3.63, 3.8) is 0 Å². The summed E-state index contributed by atoms with van der Waals surface area (Å²) in [6.45, 7) is 0. The summed E-state index contributed by atoms with van der Waals surface area (Å²) in [5, 5.41) is 0.